The van der Waals surface area contributed by atoms with Crippen LogP contribution in [0.15, 0.2) is 24.3 Å². The molecule has 1 aromatic carbocycles. The first-order chi connectivity index (χ1) is 8.40. The topological polar surface area (TPSA) is 24.1 Å². The molecule has 0 heterocycles. The van der Waals surface area contributed by atoms with Crippen LogP contribution in [0.1, 0.15) is 44.6 Å². The molecule has 0 aromatic heterocycles. The Morgan fingerprint density at radius 1 is 1.12 bits per heavy atom. The van der Waals surface area contributed by atoms with Crippen molar-refractivity contribution in [3.05, 3.63) is 29.8 Å². The molecule has 0 atom stereocenters. The van der Waals surface area contributed by atoms with Crippen LogP contribution >= 0.6 is 0 Å². The van der Waals surface area contributed by atoms with Crippen molar-refractivity contribution in [3.8, 4) is 0 Å². The lowest BCUT2D eigenvalue weighted by Crippen LogP contribution is -2.23. The molecule has 0 aliphatic heterocycles. The molecule has 0 radical (unpaired) electrons. The van der Waals surface area contributed by atoms with Crippen LogP contribution in [-0.2, 0) is 6.54 Å². The summed E-state index contributed by atoms with van der Waals surface area (Å²) >= 11 is 0. The van der Waals surface area contributed by atoms with E-state index >= 15 is 0 Å². The largest absolute Gasteiger partial charge is 0.382 e. The van der Waals surface area contributed by atoms with E-state index < -0.39 is 0 Å². The van der Waals surface area contributed by atoms with Crippen molar-refractivity contribution in [2.75, 3.05) is 11.9 Å². The summed E-state index contributed by atoms with van der Waals surface area (Å²) in [6, 6.07) is 9.36. The van der Waals surface area contributed by atoms with Crippen LogP contribution < -0.4 is 10.6 Å². The molecule has 2 heteroatoms. The van der Waals surface area contributed by atoms with Gasteiger partial charge in [-0.05, 0) is 31.0 Å². The summed E-state index contributed by atoms with van der Waals surface area (Å²) in [6.07, 6.45) is 6.84. The van der Waals surface area contributed by atoms with E-state index in [0.717, 1.165) is 13.1 Å². The molecule has 17 heavy (non-hydrogen) atoms. The highest BCUT2D eigenvalue weighted by Crippen LogP contribution is 2.23. The van der Waals surface area contributed by atoms with E-state index in [1.165, 1.54) is 43.4 Å². The monoisotopic (exact) mass is 232 g/mol. The summed E-state index contributed by atoms with van der Waals surface area (Å²) in [5.41, 5.74) is 2.71. The third-order valence-electron chi connectivity index (χ3n) is 3.55. The lowest BCUT2D eigenvalue weighted by molar-refractivity contribution is 0.462. The highest BCUT2D eigenvalue weighted by molar-refractivity contribution is 5.51. The van der Waals surface area contributed by atoms with E-state index in [0.29, 0.717) is 6.04 Å². The van der Waals surface area contributed by atoms with Gasteiger partial charge in [0.05, 0.1) is 0 Å². The van der Waals surface area contributed by atoms with Crippen LogP contribution in [0.3, 0.4) is 0 Å². The average Bonchev–Trinajstić information content (AvgIpc) is 2.39. The maximum atomic E-state index is 3.72. The van der Waals surface area contributed by atoms with Gasteiger partial charge in [-0.3, -0.25) is 0 Å². The van der Waals surface area contributed by atoms with Gasteiger partial charge in [-0.1, -0.05) is 44.4 Å². The van der Waals surface area contributed by atoms with E-state index in [4.69, 9.17) is 0 Å². The molecule has 0 saturated heterocycles. The maximum absolute atomic E-state index is 3.72. The third-order valence-corrected chi connectivity index (χ3v) is 3.55. The molecule has 2 nitrogen and oxygen atoms in total. The SMILES string of the molecule is CCNCc1ccccc1NC1CCCCC1. The fourth-order valence-electron chi connectivity index (χ4n) is 2.54. The minimum Gasteiger partial charge on any atom is -0.382 e. The van der Waals surface area contributed by atoms with Crippen molar-refractivity contribution in [2.45, 2.75) is 51.6 Å². The van der Waals surface area contributed by atoms with Crippen LogP contribution in [0.2, 0.25) is 0 Å². The number of benzene rings is 1. The standard InChI is InChI=1S/C15H24N2/c1-2-16-12-13-8-6-7-11-15(13)17-14-9-4-3-5-10-14/h6-8,11,14,16-17H,2-5,9-10,12H2,1H3. The van der Waals surface area contributed by atoms with Crippen molar-refractivity contribution in [3.63, 3.8) is 0 Å². The smallest absolute Gasteiger partial charge is 0.0387 e. The molecule has 94 valence electrons. The molecule has 1 aliphatic rings. The summed E-state index contributed by atoms with van der Waals surface area (Å²) < 4.78 is 0. The average molecular weight is 232 g/mol. The van der Waals surface area contributed by atoms with Crippen molar-refractivity contribution >= 4 is 5.69 Å². The first-order valence-electron chi connectivity index (χ1n) is 6.95. The molecule has 1 aromatic rings. The highest BCUT2D eigenvalue weighted by atomic mass is 14.9. The van der Waals surface area contributed by atoms with Gasteiger partial charge in [-0.2, -0.15) is 0 Å². The summed E-state index contributed by atoms with van der Waals surface area (Å²) in [7, 11) is 0. The van der Waals surface area contributed by atoms with Crippen LogP contribution in [-0.4, -0.2) is 12.6 Å². The number of anilines is 1. The molecule has 2 N–H and O–H groups in total. The van der Waals surface area contributed by atoms with Gasteiger partial charge in [0.2, 0.25) is 0 Å². The summed E-state index contributed by atoms with van der Waals surface area (Å²) in [4.78, 5) is 0. The maximum Gasteiger partial charge on any atom is 0.0387 e. The molecule has 0 unspecified atom stereocenters. The summed E-state index contributed by atoms with van der Waals surface area (Å²) in [5.74, 6) is 0. The van der Waals surface area contributed by atoms with E-state index in [-0.39, 0.29) is 0 Å². The molecule has 1 saturated carbocycles. The van der Waals surface area contributed by atoms with Crippen LogP contribution in [0.4, 0.5) is 5.69 Å². The fourth-order valence-corrected chi connectivity index (χ4v) is 2.54. The molecule has 0 amide bonds. The van der Waals surface area contributed by atoms with Crippen molar-refractivity contribution in [1.29, 1.82) is 0 Å². The Morgan fingerprint density at radius 3 is 2.65 bits per heavy atom. The highest BCUT2D eigenvalue weighted by Gasteiger charge is 2.13. The first-order valence-corrected chi connectivity index (χ1v) is 6.95. The fraction of sp³-hybridized carbons (Fsp3) is 0.600. The van der Waals surface area contributed by atoms with Gasteiger partial charge < -0.3 is 10.6 Å². The van der Waals surface area contributed by atoms with Crippen molar-refractivity contribution in [2.24, 2.45) is 0 Å². The summed E-state index contributed by atoms with van der Waals surface area (Å²) in [5, 5.41) is 7.12. The number of hydrogen-bond acceptors (Lipinski definition) is 2. The molecule has 1 aliphatic carbocycles. The lowest BCUT2D eigenvalue weighted by atomic mass is 9.95. The Balaban J connectivity index is 1.98. The summed E-state index contributed by atoms with van der Waals surface area (Å²) in [6.45, 7) is 4.14. The second-order valence-corrected chi connectivity index (χ2v) is 4.92. The molecular weight excluding hydrogens is 208 g/mol. The van der Waals surface area contributed by atoms with Gasteiger partial charge in [0.1, 0.15) is 0 Å². The van der Waals surface area contributed by atoms with E-state index in [9.17, 15) is 0 Å². The zero-order chi connectivity index (χ0) is 11.9. The van der Waals surface area contributed by atoms with Crippen LogP contribution in [0.5, 0.6) is 0 Å². The zero-order valence-corrected chi connectivity index (χ0v) is 10.8. The number of hydrogen-bond donors (Lipinski definition) is 2. The van der Waals surface area contributed by atoms with Gasteiger partial charge in [-0.25, -0.2) is 0 Å². The normalized spacial score (nSPS) is 17.0. The van der Waals surface area contributed by atoms with Crippen molar-refractivity contribution < 1.29 is 0 Å². The minimum atomic E-state index is 0.687. The van der Waals surface area contributed by atoms with Gasteiger partial charge >= 0.3 is 0 Å². The predicted octanol–water partition coefficient (Wildman–Crippen LogP) is 3.54. The first kappa shape index (κ1) is 12.4. The minimum absolute atomic E-state index is 0.687. The van der Waals surface area contributed by atoms with Crippen LogP contribution in [0.25, 0.3) is 0 Å². The number of rotatable bonds is 5. The zero-order valence-electron chi connectivity index (χ0n) is 10.8. The van der Waals surface area contributed by atoms with E-state index in [2.05, 4.69) is 41.8 Å². The second-order valence-electron chi connectivity index (χ2n) is 4.92. The quantitative estimate of drug-likeness (QED) is 0.811. The van der Waals surface area contributed by atoms with Gasteiger partial charge in [0.25, 0.3) is 0 Å². The van der Waals surface area contributed by atoms with E-state index in [1.807, 2.05) is 0 Å². The predicted molar refractivity (Wildman–Crippen MR) is 74.3 cm³/mol. The van der Waals surface area contributed by atoms with E-state index in [1.54, 1.807) is 0 Å². The Kier molecular flexibility index (Phi) is 4.87. The second kappa shape index (κ2) is 6.65. The van der Waals surface area contributed by atoms with Gasteiger partial charge in [-0.15, -0.1) is 0 Å². The van der Waals surface area contributed by atoms with Gasteiger partial charge in [0.15, 0.2) is 0 Å². The Hall–Kier alpha value is -1.02. The Labute approximate surface area is 105 Å². The number of para-hydroxylation sites is 1. The van der Waals surface area contributed by atoms with Crippen LogP contribution in [0, 0.1) is 0 Å². The molecule has 1 fully saturated rings. The Bertz CT molecular complexity index is 329. The Morgan fingerprint density at radius 2 is 1.88 bits per heavy atom. The molecular formula is C15H24N2. The van der Waals surface area contributed by atoms with Crippen molar-refractivity contribution in [1.82, 2.24) is 5.32 Å². The van der Waals surface area contributed by atoms with Gasteiger partial charge in [0, 0.05) is 18.3 Å². The molecule has 0 spiro atoms. The molecule has 2 rings (SSSR count). The number of nitrogens with one attached hydrogen (secondary N) is 2. The third kappa shape index (κ3) is 3.74. The molecule has 0 bridgehead atoms. The lowest BCUT2D eigenvalue weighted by Gasteiger charge is -2.25.